The predicted molar refractivity (Wildman–Crippen MR) is 84.2 cm³/mol. The normalized spacial score (nSPS) is 10.4. The van der Waals surface area contributed by atoms with Gasteiger partial charge in [-0.2, -0.15) is 4.39 Å². The van der Waals surface area contributed by atoms with Crippen molar-refractivity contribution in [1.82, 2.24) is 0 Å². The van der Waals surface area contributed by atoms with E-state index in [2.05, 4.69) is 31.9 Å². The second kappa shape index (κ2) is 6.15. The first-order valence-corrected chi connectivity index (χ1v) is 7.29. The maximum atomic E-state index is 13.7. The molecule has 0 unspecified atom stereocenters. The molecule has 2 aromatic carbocycles. The minimum atomic E-state index is -1.08. The first-order valence-electron chi connectivity index (χ1n) is 5.30. The van der Waals surface area contributed by atoms with Crippen LogP contribution in [0.4, 0.5) is 8.78 Å². The third-order valence-electron chi connectivity index (χ3n) is 2.39. The van der Waals surface area contributed by atoms with E-state index < -0.39 is 11.6 Å². The predicted octanol–water partition coefficient (Wildman–Crippen LogP) is 4.92. The molecule has 2 nitrogen and oxygen atoms in total. The number of ether oxygens (including phenoxy) is 1. The van der Waals surface area contributed by atoms with Gasteiger partial charge in [0.05, 0.1) is 5.56 Å². The van der Waals surface area contributed by atoms with Crippen LogP contribution in [0.2, 0.25) is 0 Å². The van der Waals surface area contributed by atoms with Gasteiger partial charge in [-0.25, -0.2) is 4.39 Å². The fraction of sp³-hybridized carbons (Fsp3) is 0. The molecule has 0 aromatic heterocycles. The topological polar surface area (TPSA) is 35.2 Å². The third-order valence-corrected chi connectivity index (χ3v) is 3.56. The minimum absolute atomic E-state index is 0.0946. The molecular weight excluding hydrogens is 416 g/mol. The van der Waals surface area contributed by atoms with Crippen LogP contribution in [0.25, 0.3) is 0 Å². The van der Waals surface area contributed by atoms with E-state index in [1.54, 1.807) is 18.2 Å². The zero-order valence-corrected chi connectivity index (χ0v) is 13.8. The number of thiocarbonyl (C=S) groups is 1. The van der Waals surface area contributed by atoms with Gasteiger partial charge in [0, 0.05) is 8.95 Å². The van der Waals surface area contributed by atoms with Crippen LogP contribution in [0.3, 0.4) is 0 Å². The minimum Gasteiger partial charge on any atom is -0.453 e. The van der Waals surface area contributed by atoms with Gasteiger partial charge in [0.2, 0.25) is 5.82 Å². The Balaban J connectivity index is 2.48. The van der Waals surface area contributed by atoms with Gasteiger partial charge in [-0.1, -0.05) is 44.1 Å². The van der Waals surface area contributed by atoms with Gasteiger partial charge in [0.25, 0.3) is 0 Å². The van der Waals surface area contributed by atoms with Crippen molar-refractivity contribution in [3.8, 4) is 11.5 Å². The molecule has 0 aliphatic heterocycles. The maximum Gasteiger partial charge on any atom is 0.201 e. The molecule has 2 aromatic rings. The summed E-state index contributed by atoms with van der Waals surface area (Å²) < 4.78 is 33.5. The van der Waals surface area contributed by atoms with E-state index in [1.807, 2.05) is 0 Å². The van der Waals surface area contributed by atoms with Crippen molar-refractivity contribution >= 4 is 49.1 Å². The molecule has 7 heteroatoms. The number of rotatable bonds is 3. The average molecular weight is 423 g/mol. The highest BCUT2D eigenvalue weighted by atomic mass is 79.9. The van der Waals surface area contributed by atoms with Crippen LogP contribution in [0.5, 0.6) is 11.5 Å². The van der Waals surface area contributed by atoms with Crippen molar-refractivity contribution in [3.05, 3.63) is 56.5 Å². The smallest absolute Gasteiger partial charge is 0.201 e. The Kier molecular flexibility index (Phi) is 4.72. The highest BCUT2D eigenvalue weighted by Gasteiger charge is 2.15. The Bertz CT molecular complexity index is 694. The van der Waals surface area contributed by atoms with E-state index >= 15 is 0 Å². The zero-order chi connectivity index (χ0) is 14.9. The molecule has 0 bridgehead atoms. The summed E-state index contributed by atoms with van der Waals surface area (Å²) in [5, 5.41) is 0. The van der Waals surface area contributed by atoms with Gasteiger partial charge in [-0.05, 0) is 30.3 Å². The van der Waals surface area contributed by atoms with Gasteiger partial charge in [-0.3, -0.25) is 0 Å². The standard InChI is InChI=1S/C13H7Br2F2NOS/c14-6-1-2-10(8(3-6)13(18)20)19-11-5-7(15)4-9(16)12(11)17/h1-5H,(H2,18,20). The molecule has 0 aliphatic carbocycles. The molecule has 0 fully saturated rings. The highest BCUT2D eigenvalue weighted by Crippen LogP contribution is 2.32. The summed E-state index contributed by atoms with van der Waals surface area (Å²) in [5.74, 6) is -2.10. The summed E-state index contributed by atoms with van der Waals surface area (Å²) in [6.45, 7) is 0. The van der Waals surface area contributed by atoms with Gasteiger partial charge >= 0.3 is 0 Å². The number of benzene rings is 2. The molecule has 2 N–H and O–H groups in total. The molecule has 104 valence electrons. The third kappa shape index (κ3) is 3.34. The van der Waals surface area contributed by atoms with E-state index in [1.165, 1.54) is 6.07 Å². The Morgan fingerprint density at radius 1 is 1.05 bits per heavy atom. The summed E-state index contributed by atoms with van der Waals surface area (Å²) >= 11 is 11.3. The monoisotopic (exact) mass is 421 g/mol. The molecule has 0 amide bonds. The Labute approximate surface area is 136 Å². The Hall–Kier alpha value is -1.05. The van der Waals surface area contributed by atoms with Crippen molar-refractivity contribution in [1.29, 1.82) is 0 Å². The molecule has 0 radical (unpaired) electrons. The Morgan fingerprint density at radius 2 is 1.75 bits per heavy atom. The van der Waals surface area contributed by atoms with Gasteiger partial charge in [0.15, 0.2) is 11.6 Å². The van der Waals surface area contributed by atoms with Crippen LogP contribution in [0, 0.1) is 11.6 Å². The van der Waals surface area contributed by atoms with E-state index in [-0.39, 0.29) is 16.5 Å². The van der Waals surface area contributed by atoms with Crippen LogP contribution < -0.4 is 10.5 Å². The van der Waals surface area contributed by atoms with Crippen molar-refractivity contribution in [2.24, 2.45) is 5.73 Å². The lowest BCUT2D eigenvalue weighted by Crippen LogP contribution is -2.11. The molecule has 0 saturated heterocycles. The average Bonchev–Trinajstić information content (AvgIpc) is 2.37. The Morgan fingerprint density at radius 3 is 2.40 bits per heavy atom. The van der Waals surface area contributed by atoms with Gasteiger partial charge < -0.3 is 10.5 Å². The lowest BCUT2D eigenvalue weighted by molar-refractivity contribution is 0.415. The largest absolute Gasteiger partial charge is 0.453 e. The first-order chi connectivity index (χ1) is 9.38. The number of hydrogen-bond donors (Lipinski definition) is 1. The van der Waals surface area contributed by atoms with E-state index in [4.69, 9.17) is 22.7 Å². The van der Waals surface area contributed by atoms with E-state index in [9.17, 15) is 8.78 Å². The zero-order valence-electron chi connectivity index (χ0n) is 9.79. The van der Waals surface area contributed by atoms with Crippen molar-refractivity contribution in [2.45, 2.75) is 0 Å². The fourth-order valence-electron chi connectivity index (χ4n) is 1.51. The molecule has 2 rings (SSSR count). The quantitative estimate of drug-likeness (QED) is 0.563. The van der Waals surface area contributed by atoms with Crippen molar-refractivity contribution in [2.75, 3.05) is 0 Å². The summed E-state index contributed by atoms with van der Waals surface area (Å²) in [5.41, 5.74) is 6.01. The molecule has 0 spiro atoms. The maximum absolute atomic E-state index is 13.7. The lowest BCUT2D eigenvalue weighted by Gasteiger charge is -2.12. The molecule has 0 atom stereocenters. The highest BCUT2D eigenvalue weighted by molar-refractivity contribution is 9.10. The van der Waals surface area contributed by atoms with Crippen LogP contribution >= 0.6 is 44.1 Å². The molecule has 0 aliphatic rings. The van der Waals surface area contributed by atoms with Crippen LogP contribution in [0.1, 0.15) is 5.56 Å². The van der Waals surface area contributed by atoms with Crippen LogP contribution in [-0.2, 0) is 0 Å². The summed E-state index contributed by atoms with van der Waals surface area (Å²) in [4.78, 5) is 0.0946. The number of hydrogen-bond acceptors (Lipinski definition) is 2. The number of nitrogens with two attached hydrogens (primary N) is 1. The summed E-state index contributed by atoms with van der Waals surface area (Å²) in [6, 6.07) is 7.23. The van der Waals surface area contributed by atoms with Crippen molar-refractivity contribution < 1.29 is 13.5 Å². The second-order valence-electron chi connectivity index (χ2n) is 3.81. The second-order valence-corrected chi connectivity index (χ2v) is 6.08. The summed E-state index contributed by atoms with van der Waals surface area (Å²) in [6.07, 6.45) is 0. The summed E-state index contributed by atoms with van der Waals surface area (Å²) in [7, 11) is 0. The van der Waals surface area contributed by atoms with Crippen LogP contribution in [0.15, 0.2) is 39.3 Å². The molecule has 20 heavy (non-hydrogen) atoms. The van der Waals surface area contributed by atoms with Gasteiger partial charge in [-0.15, -0.1) is 0 Å². The lowest BCUT2D eigenvalue weighted by atomic mass is 10.2. The van der Waals surface area contributed by atoms with E-state index in [0.717, 1.165) is 10.5 Å². The van der Waals surface area contributed by atoms with Crippen molar-refractivity contribution in [3.63, 3.8) is 0 Å². The molecular formula is C13H7Br2F2NOS. The molecule has 0 heterocycles. The van der Waals surface area contributed by atoms with E-state index in [0.29, 0.717) is 10.0 Å². The number of halogens is 4. The SMILES string of the molecule is NC(=S)c1cc(Br)ccc1Oc1cc(Br)cc(F)c1F. The first kappa shape index (κ1) is 15.3. The van der Waals surface area contributed by atoms with Crippen LogP contribution in [-0.4, -0.2) is 4.99 Å². The van der Waals surface area contributed by atoms with Gasteiger partial charge in [0.1, 0.15) is 10.7 Å². The fourth-order valence-corrected chi connectivity index (χ4v) is 2.44. The molecule has 0 saturated carbocycles.